The third-order valence-corrected chi connectivity index (χ3v) is 2.21. The zero-order valence-electron chi connectivity index (χ0n) is 7.43. The molecule has 0 fully saturated rings. The van der Waals surface area contributed by atoms with Gasteiger partial charge in [-0.3, -0.25) is 0 Å². The molecule has 62 valence electrons. The van der Waals surface area contributed by atoms with E-state index in [1.54, 1.807) is 0 Å². The third kappa shape index (κ3) is 1.71. The van der Waals surface area contributed by atoms with Crippen LogP contribution in [0.1, 0.15) is 20.8 Å². The first-order valence-corrected chi connectivity index (χ1v) is 4.08. The first-order valence-electron chi connectivity index (χ1n) is 3.68. The molecule has 0 unspecified atom stereocenters. The Morgan fingerprint density at radius 1 is 1.55 bits per heavy atom. The summed E-state index contributed by atoms with van der Waals surface area (Å²) in [7, 11) is 1.97. The van der Waals surface area contributed by atoms with Gasteiger partial charge in [0.05, 0.1) is 5.54 Å². The van der Waals surface area contributed by atoms with Gasteiger partial charge < -0.3 is 10.2 Å². The topological polar surface area (TPSA) is 15.3 Å². The number of hydrogen-bond donors (Lipinski definition) is 1. The molecule has 0 atom stereocenters. The highest BCUT2D eigenvalue weighted by atomic mass is 32.1. The van der Waals surface area contributed by atoms with Crippen LogP contribution >= 0.6 is 12.2 Å². The maximum Gasteiger partial charge on any atom is 0.173 e. The van der Waals surface area contributed by atoms with Crippen LogP contribution in [0, 0.1) is 0 Å². The summed E-state index contributed by atoms with van der Waals surface area (Å²) < 4.78 is 0. The van der Waals surface area contributed by atoms with Gasteiger partial charge >= 0.3 is 0 Å². The number of rotatable bonds is 0. The largest absolute Gasteiger partial charge is 0.354 e. The number of nitrogens with zero attached hydrogens (tertiary/aromatic N) is 1. The summed E-state index contributed by atoms with van der Waals surface area (Å²) in [6, 6.07) is 0. The summed E-state index contributed by atoms with van der Waals surface area (Å²) in [4.78, 5) is 1.97. The molecule has 0 saturated heterocycles. The Morgan fingerprint density at radius 3 is 2.55 bits per heavy atom. The number of hydrogen-bond acceptors (Lipinski definition) is 1. The summed E-state index contributed by atoms with van der Waals surface area (Å²) >= 11 is 5.13. The second-order valence-electron chi connectivity index (χ2n) is 3.50. The second kappa shape index (κ2) is 2.48. The van der Waals surface area contributed by atoms with E-state index in [1.807, 2.05) is 11.9 Å². The lowest BCUT2D eigenvalue weighted by molar-refractivity contribution is 0.473. The van der Waals surface area contributed by atoms with Crippen LogP contribution in [-0.2, 0) is 0 Å². The highest BCUT2D eigenvalue weighted by molar-refractivity contribution is 7.80. The lowest BCUT2D eigenvalue weighted by Gasteiger charge is -2.36. The molecule has 1 rings (SSSR count). The van der Waals surface area contributed by atoms with Crippen LogP contribution < -0.4 is 5.32 Å². The normalized spacial score (nSPS) is 22.7. The van der Waals surface area contributed by atoms with Crippen LogP contribution in [0.15, 0.2) is 11.8 Å². The standard InChI is InChI=1S/C8H14N2S/c1-6-5-8(2,3)9-7(11)10(6)4/h5H,1-4H3,(H,9,11). The monoisotopic (exact) mass is 170 g/mol. The summed E-state index contributed by atoms with van der Waals surface area (Å²) in [6.07, 6.45) is 2.17. The summed E-state index contributed by atoms with van der Waals surface area (Å²) in [5.41, 5.74) is 1.21. The molecular formula is C8H14N2S. The maximum absolute atomic E-state index is 5.13. The summed E-state index contributed by atoms with van der Waals surface area (Å²) in [5.74, 6) is 0. The molecule has 1 N–H and O–H groups in total. The average molecular weight is 170 g/mol. The van der Waals surface area contributed by atoms with E-state index in [1.165, 1.54) is 5.70 Å². The number of allylic oxidation sites excluding steroid dienone is 1. The lowest BCUT2D eigenvalue weighted by atomic mass is 10.0. The van der Waals surface area contributed by atoms with Crippen LogP contribution in [0.4, 0.5) is 0 Å². The number of nitrogens with one attached hydrogen (secondary N) is 1. The van der Waals surface area contributed by atoms with E-state index < -0.39 is 0 Å². The Morgan fingerprint density at radius 2 is 2.09 bits per heavy atom. The van der Waals surface area contributed by atoms with Gasteiger partial charge in [0.1, 0.15) is 0 Å². The van der Waals surface area contributed by atoms with Crippen molar-refractivity contribution in [1.29, 1.82) is 0 Å². The van der Waals surface area contributed by atoms with Crippen molar-refractivity contribution >= 4 is 17.3 Å². The molecule has 1 heterocycles. The van der Waals surface area contributed by atoms with Crippen LogP contribution in [0.5, 0.6) is 0 Å². The molecule has 3 heteroatoms. The Hall–Kier alpha value is -0.570. The smallest absolute Gasteiger partial charge is 0.173 e. The molecule has 0 bridgehead atoms. The molecule has 11 heavy (non-hydrogen) atoms. The fourth-order valence-corrected chi connectivity index (χ4v) is 1.58. The Kier molecular flexibility index (Phi) is 1.92. The van der Waals surface area contributed by atoms with Crippen LogP contribution in [-0.4, -0.2) is 22.6 Å². The van der Waals surface area contributed by atoms with E-state index in [0.717, 1.165) is 5.11 Å². The van der Waals surface area contributed by atoms with E-state index >= 15 is 0 Å². The quantitative estimate of drug-likeness (QED) is 0.554. The van der Waals surface area contributed by atoms with Crippen LogP contribution in [0.3, 0.4) is 0 Å². The van der Waals surface area contributed by atoms with E-state index in [9.17, 15) is 0 Å². The van der Waals surface area contributed by atoms with Crippen LogP contribution in [0.25, 0.3) is 0 Å². The second-order valence-corrected chi connectivity index (χ2v) is 3.88. The Bertz CT molecular complexity index is 218. The zero-order valence-corrected chi connectivity index (χ0v) is 8.25. The van der Waals surface area contributed by atoms with Crippen molar-refractivity contribution in [2.24, 2.45) is 0 Å². The van der Waals surface area contributed by atoms with Crippen molar-refractivity contribution in [3.05, 3.63) is 11.8 Å². The SMILES string of the molecule is CC1=CC(C)(C)NC(=S)N1C. The van der Waals surface area contributed by atoms with Gasteiger partial charge in [-0.2, -0.15) is 0 Å². The van der Waals surface area contributed by atoms with Gasteiger partial charge in [0.15, 0.2) is 5.11 Å². The fourth-order valence-electron chi connectivity index (χ4n) is 1.17. The molecule has 1 aliphatic heterocycles. The number of thiocarbonyl (C=S) groups is 1. The van der Waals surface area contributed by atoms with E-state index in [4.69, 9.17) is 12.2 Å². The van der Waals surface area contributed by atoms with Gasteiger partial charge in [-0.15, -0.1) is 0 Å². The molecule has 0 radical (unpaired) electrons. The highest BCUT2D eigenvalue weighted by Gasteiger charge is 2.23. The van der Waals surface area contributed by atoms with Gasteiger partial charge in [-0.25, -0.2) is 0 Å². The first kappa shape index (κ1) is 8.53. The van der Waals surface area contributed by atoms with E-state index in [-0.39, 0.29) is 5.54 Å². The van der Waals surface area contributed by atoms with Crippen molar-refractivity contribution < 1.29 is 0 Å². The van der Waals surface area contributed by atoms with Crippen molar-refractivity contribution in [3.63, 3.8) is 0 Å². The van der Waals surface area contributed by atoms with Gasteiger partial charge in [-0.1, -0.05) is 0 Å². The van der Waals surface area contributed by atoms with Crippen LogP contribution in [0.2, 0.25) is 0 Å². The minimum Gasteiger partial charge on any atom is -0.354 e. The first-order chi connectivity index (χ1) is 4.92. The lowest BCUT2D eigenvalue weighted by Crippen LogP contribution is -2.51. The minimum absolute atomic E-state index is 0.00762. The van der Waals surface area contributed by atoms with Crippen molar-refractivity contribution in [3.8, 4) is 0 Å². The molecule has 0 aromatic heterocycles. The molecule has 0 amide bonds. The zero-order chi connectivity index (χ0) is 8.65. The van der Waals surface area contributed by atoms with Crippen molar-refractivity contribution in [2.45, 2.75) is 26.3 Å². The highest BCUT2D eigenvalue weighted by Crippen LogP contribution is 2.16. The molecular weight excluding hydrogens is 156 g/mol. The molecule has 0 aromatic carbocycles. The molecule has 0 aliphatic carbocycles. The van der Waals surface area contributed by atoms with E-state index in [0.29, 0.717) is 0 Å². The third-order valence-electron chi connectivity index (χ3n) is 1.83. The molecule has 1 aliphatic rings. The van der Waals surface area contributed by atoms with E-state index in [2.05, 4.69) is 32.2 Å². The molecule has 2 nitrogen and oxygen atoms in total. The molecule has 0 saturated carbocycles. The van der Waals surface area contributed by atoms with Gasteiger partial charge in [0.25, 0.3) is 0 Å². The maximum atomic E-state index is 5.13. The minimum atomic E-state index is 0.00762. The summed E-state index contributed by atoms with van der Waals surface area (Å²) in [5, 5.41) is 4.02. The van der Waals surface area contributed by atoms with Crippen molar-refractivity contribution in [1.82, 2.24) is 10.2 Å². The Balaban J connectivity index is 2.94. The fraction of sp³-hybridized carbons (Fsp3) is 0.625. The predicted molar refractivity (Wildman–Crippen MR) is 51.3 cm³/mol. The molecule has 0 spiro atoms. The van der Waals surface area contributed by atoms with Gasteiger partial charge in [0.2, 0.25) is 0 Å². The van der Waals surface area contributed by atoms with Crippen molar-refractivity contribution in [2.75, 3.05) is 7.05 Å². The van der Waals surface area contributed by atoms with Gasteiger partial charge in [-0.05, 0) is 39.1 Å². The molecule has 0 aromatic rings. The van der Waals surface area contributed by atoms with Gasteiger partial charge in [0, 0.05) is 12.7 Å². The Labute approximate surface area is 73.3 Å². The average Bonchev–Trinajstić information content (AvgIpc) is 1.81. The predicted octanol–water partition coefficient (Wildman–Crippen LogP) is 1.49. The summed E-state index contributed by atoms with van der Waals surface area (Å²) in [6.45, 7) is 6.28.